The van der Waals surface area contributed by atoms with Gasteiger partial charge in [-0.05, 0) is 31.0 Å². The van der Waals surface area contributed by atoms with Crippen LogP contribution in [0, 0.1) is 6.92 Å². The summed E-state index contributed by atoms with van der Waals surface area (Å²) in [7, 11) is 0. The minimum Gasteiger partial charge on any atom is -0.492 e. The zero-order valence-corrected chi connectivity index (χ0v) is 7.68. The van der Waals surface area contributed by atoms with Gasteiger partial charge in [-0.25, -0.2) is 0 Å². The van der Waals surface area contributed by atoms with Gasteiger partial charge in [-0.2, -0.15) is 0 Å². The number of hydrogen-bond donors (Lipinski definition) is 0. The molecule has 2 heteroatoms. The van der Waals surface area contributed by atoms with Gasteiger partial charge in [0.2, 0.25) is 0 Å². The predicted molar refractivity (Wildman–Crippen MR) is 51.7 cm³/mol. The van der Waals surface area contributed by atoms with Crippen LogP contribution in [0.3, 0.4) is 0 Å². The maximum atomic E-state index is 5.49. The molecule has 12 heavy (non-hydrogen) atoms. The number of ether oxygens (including phenoxy) is 1. The predicted octanol–water partition coefficient (Wildman–Crippen LogP) is 2.68. The first-order chi connectivity index (χ1) is 5.86. The van der Waals surface area contributed by atoms with Gasteiger partial charge in [0.25, 0.3) is 0 Å². The van der Waals surface area contributed by atoms with Gasteiger partial charge in [0, 0.05) is 0 Å². The lowest BCUT2D eigenvalue weighted by Gasteiger charge is -2.04. The minimum absolute atomic E-state index is 0.522. The second kappa shape index (κ2) is 5.04. The smallest absolute Gasteiger partial charge is 0.119 e. The lowest BCUT2D eigenvalue weighted by molar-refractivity contribution is 0.342. The Morgan fingerprint density at radius 2 is 2.25 bits per heavy atom. The van der Waals surface area contributed by atoms with E-state index in [1.54, 1.807) is 0 Å². The average Bonchev–Trinajstić information content (AvgIpc) is 2.15. The fourth-order valence-electron chi connectivity index (χ4n) is 0.947. The van der Waals surface area contributed by atoms with Crippen LogP contribution in [0.5, 0.6) is 5.75 Å². The highest BCUT2D eigenvalue weighted by molar-refractivity contribution is 6.17. The van der Waals surface area contributed by atoms with Gasteiger partial charge < -0.3 is 4.74 Å². The number of halogens is 1. The Balaban J connectivity index is 2.60. The maximum absolute atomic E-state index is 5.49. The van der Waals surface area contributed by atoms with Crippen LogP contribution in [0.4, 0.5) is 0 Å². The summed E-state index contributed by atoms with van der Waals surface area (Å²) < 4.78 is 5.34. The topological polar surface area (TPSA) is 9.23 Å². The van der Waals surface area contributed by atoms with Gasteiger partial charge in [-0.3, -0.25) is 0 Å². The third-order valence-electron chi connectivity index (χ3n) is 1.53. The Bertz CT molecular complexity index is 235. The van der Waals surface area contributed by atoms with E-state index in [1.807, 2.05) is 24.3 Å². The summed E-state index contributed by atoms with van der Waals surface area (Å²) in [6.07, 6.45) is 0.790. The molecule has 1 aromatic carbocycles. The minimum atomic E-state index is 0.522. The van der Waals surface area contributed by atoms with Crippen LogP contribution in [0.1, 0.15) is 5.56 Å². The zero-order valence-electron chi connectivity index (χ0n) is 6.92. The molecule has 0 saturated heterocycles. The molecule has 0 aliphatic heterocycles. The molecule has 1 rings (SSSR count). The molecular weight excluding hydrogens is 172 g/mol. The van der Waals surface area contributed by atoms with Crippen molar-refractivity contribution in [2.24, 2.45) is 0 Å². The Labute approximate surface area is 78.3 Å². The zero-order chi connectivity index (χ0) is 8.81. The van der Waals surface area contributed by atoms with Gasteiger partial charge in [0.1, 0.15) is 12.4 Å². The summed E-state index contributed by atoms with van der Waals surface area (Å²) in [5.41, 5.74) is 1.18. The molecule has 0 amide bonds. The van der Waals surface area contributed by atoms with Gasteiger partial charge in [-0.1, -0.05) is 12.1 Å². The number of benzene rings is 1. The molecule has 0 N–H and O–H groups in total. The van der Waals surface area contributed by atoms with E-state index in [0.29, 0.717) is 12.5 Å². The Kier molecular flexibility index (Phi) is 3.95. The van der Waals surface area contributed by atoms with E-state index in [0.717, 1.165) is 12.2 Å². The second-order valence-electron chi connectivity index (χ2n) is 2.43. The normalized spacial score (nSPS) is 9.83. The first kappa shape index (κ1) is 9.40. The molecule has 0 aliphatic rings. The van der Waals surface area contributed by atoms with Gasteiger partial charge in [0.05, 0.1) is 5.88 Å². The highest BCUT2D eigenvalue weighted by Crippen LogP contribution is 2.13. The SMILES string of the molecule is [CH2]Cc1cccc(OCCCl)c1. The van der Waals surface area contributed by atoms with E-state index < -0.39 is 0 Å². The molecular formula is C10H12ClO. The van der Waals surface area contributed by atoms with Crippen LogP contribution < -0.4 is 4.74 Å². The number of hydrogen-bond acceptors (Lipinski definition) is 1. The van der Waals surface area contributed by atoms with Crippen molar-refractivity contribution in [3.63, 3.8) is 0 Å². The van der Waals surface area contributed by atoms with Crippen LogP contribution in [-0.2, 0) is 6.42 Å². The van der Waals surface area contributed by atoms with Crippen molar-refractivity contribution in [1.82, 2.24) is 0 Å². The van der Waals surface area contributed by atoms with Crippen molar-refractivity contribution in [3.05, 3.63) is 36.8 Å². The van der Waals surface area contributed by atoms with E-state index in [-0.39, 0.29) is 0 Å². The molecule has 0 spiro atoms. The van der Waals surface area contributed by atoms with Crippen molar-refractivity contribution >= 4 is 11.6 Å². The molecule has 0 fully saturated rings. The summed E-state index contributed by atoms with van der Waals surface area (Å²) in [6.45, 7) is 4.35. The van der Waals surface area contributed by atoms with Crippen LogP contribution in [0.2, 0.25) is 0 Å². The summed E-state index contributed by atoms with van der Waals surface area (Å²) in [5.74, 6) is 1.39. The van der Waals surface area contributed by atoms with Crippen molar-refractivity contribution in [3.8, 4) is 5.75 Å². The molecule has 0 bridgehead atoms. The molecule has 65 valence electrons. The van der Waals surface area contributed by atoms with Crippen molar-refractivity contribution in [1.29, 1.82) is 0 Å². The summed E-state index contributed by atoms with van der Waals surface area (Å²) >= 11 is 5.49. The van der Waals surface area contributed by atoms with Crippen LogP contribution in [0.25, 0.3) is 0 Å². The van der Waals surface area contributed by atoms with Crippen LogP contribution in [-0.4, -0.2) is 12.5 Å². The summed E-state index contributed by atoms with van der Waals surface area (Å²) in [4.78, 5) is 0. The van der Waals surface area contributed by atoms with Crippen molar-refractivity contribution in [2.45, 2.75) is 6.42 Å². The third-order valence-corrected chi connectivity index (χ3v) is 1.69. The molecule has 0 heterocycles. The summed E-state index contributed by atoms with van der Waals surface area (Å²) in [5, 5.41) is 0. The van der Waals surface area contributed by atoms with E-state index in [4.69, 9.17) is 16.3 Å². The van der Waals surface area contributed by atoms with E-state index in [1.165, 1.54) is 5.56 Å². The van der Waals surface area contributed by atoms with Gasteiger partial charge in [0.15, 0.2) is 0 Å². The fraction of sp³-hybridized carbons (Fsp3) is 0.300. The molecule has 0 aromatic heterocycles. The van der Waals surface area contributed by atoms with Crippen molar-refractivity contribution in [2.75, 3.05) is 12.5 Å². The lowest BCUT2D eigenvalue weighted by atomic mass is 10.2. The highest BCUT2D eigenvalue weighted by atomic mass is 35.5. The first-order valence-electron chi connectivity index (χ1n) is 3.93. The number of alkyl halides is 1. The van der Waals surface area contributed by atoms with Gasteiger partial charge >= 0.3 is 0 Å². The molecule has 0 saturated carbocycles. The molecule has 1 nitrogen and oxygen atoms in total. The van der Waals surface area contributed by atoms with Gasteiger partial charge in [-0.15, -0.1) is 11.6 Å². The number of rotatable bonds is 4. The standard InChI is InChI=1S/C10H12ClO/c1-2-9-4-3-5-10(8-9)12-7-6-11/h3-5,8H,1-2,6-7H2. The maximum Gasteiger partial charge on any atom is 0.119 e. The largest absolute Gasteiger partial charge is 0.492 e. The quantitative estimate of drug-likeness (QED) is 0.653. The van der Waals surface area contributed by atoms with E-state index in [2.05, 4.69) is 6.92 Å². The highest BCUT2D eigenvalue weighted by Gasteiger charge is 1.93. The summed E-state index contributed by atoms with van der Waals surface area (Å²) in [6, 6.07) is 7.90. The van der Waals surface area contributed by atoms with Crippen molar-refractivity contribution < 1.29 is 4.74 Å². The molecule has 1 aromatic rings. The molecule has 0 aliphatic carbocycles. The van der Waals surface area contributed by atoms with Crippen LogP contribution >= 0.6 is 11.6 Å². The van der Waals surface area contributed by atoms with E-state index in [9.17, 15) is 0 Å². The molecule has 0 atom stereocenters. The van der Waals surface area contributed by atoms with Crippen LogP contribution in [0.15, 0.2) is 24.3 Å². The molecule has 1 radical (unpaired) electrons. The fourth-order valence-corrected chi connectivity index (χ4v) is 1.02. The van der Waals surface area contributed by atoms with E-state index >= 15 is 0 Å². The Morgan fingerprint density at radius 3 is 2.92 bits per heavy atom. The lowest BCUT2D eigenvalue weighted by Crippen LogP contribution is -1.98. The monoisotopic (exact) mass is 183 g/mol. The molecule has 0 unspecified atom stereocenters. The first-order valence-corrected chi connectivity index (χ1v) is 4.47. The Morgan fingerprint density at radius 1 is 1.42 bits per heavy atom. The average molecular weight is 184 g/mol. The third kappa shape index (κ3) is 2.74. The second-order valence-corrected chi connectivity index (χ2v) is 2.81. The Hall–Kier alpha value is -0.690.